The van der Waals surface area contributed by atoms with Gasteiger partial charge in [-0.15, -0.1) is 0 Å². The van der Waals surface area contributed by atoms with Crippen LogP contribution in [0.1, 0.15) is 41.4 Å². The van der Waals surface area contributed by atoms with Crippen molar-refractivity contribution in [2.24, 2.45) is 5.92 Å². The molecule has 0 spiro atoms. The van der Waals surface area contributed by atoms with Gasteiger partial charge < -0.3 is 9.64 Å². The van der Waals surface area contributed by atoms with E-state index in [4.69, 9.17) is 4.74 Å². The van der Waals surface area contributed by atoms with Crippen LogP contribution in [0.5, 0.6) is 0 Å². The number of pyridine rings is 1. The van der Waals surface area contributed by atoms with Crippen LogP contribution in [0.4, 0.5) is 0 Å². The van der Waals surface area contributed by atoms with Gasteiger partial charge in [-0.3, -0.25) is 9.78 Å². The molecule has 0 aliphatic carbocycles. The van der Waals surface area contributed by atoms with E-state index in [2.05, 4.69) is 11.9 Å². The first-order valence-corrected chi connectivity index (χ1v) is 8.77. The number of amides is 1. The van der Waals surface area contributed by atoms with Crippen LogP contribution in [0, 0.1) is 19.8 Å². The van der Waals surface area contributed by atoms with E-state index < -0.39 is 5.97 Å². The summed E-state index contributed by atoms with van der Waals surface area (Å²) in [5.74, 6) is 0.0624. The lowest BCUT2D eigenvalue weighted by Crippen LogP contribution is -2.40. The van der Waals surface area contributed by atoms with Gasteiger partial charge in [0.15, 0.2) is 6.61 Å². The average molecular weight is 340 g/mol. The minimum atomic E-state index is -0.472. The van der Waals surface area contributed by atoms with Crippen LogP contribution in [-0.4, -0.2) is 41.5 Å². The molecule has 5 heteroatoms. The van der Waals surface area contributed by atoms with Gasteiger partial charge in [0.25, 0.3) is 5.91 Å². The number of nitrogens with zero attached hydrogens (tertiary/aromatic N) is 2. The number of hydrogen-bond donors (Lipinski definition) is 0. The van der Waals surface area contributed by atoms with E-state index in [9.17, 15) is 9.59 Å². The molecule has 0 atom stereocenters. The van der Waals surface area contributed by atoms with Crippen molar-refractivity contribution in [3.63, 3.8) is 0 Å². The predicted octanol–water partition coefficient (Wildman–Crippen LogP) is 3.27. The van der Waals surface area contributed by atoms with Crippen LogP contribution in [0.2, 0.25) is 0 Å². The number of carbonyl (C=O) groups is 2. The Labute approximate surface area is 148 Å². The summed E-state index contributed by atoms with van der Waals surface area (Å²) in [5, 5.41) is 0.759. The minimum Gasteiger partial charge on any atom is -0.452 e. The summed E-state index contributed by atoms with van der Waals surface area (Å²) < 4.78 is 5.31. The number of hydrogen-bond acceptors (Lipinski definition) is 4. The van der Waals surface area contributed by atoms with Crippen LogP contribution in [-0.2, 0) is 9.53 Å². The standard InChI is InChI=1S/C20H24N2O3/c1-13-6-8-22(9-7-13)19(23)12-25-20(24)17-11-15(3)21-18-5-4-14(2)10-16(17)18/h4-5,10-11,13H,6-9,12H2,1-3H3. The summed E-state index contributed by atoms with van der Waals surface area (Å²) in [5.41, 5.74) is 3.02. The number of fused-ring (bicyclic) bond motifs is 1. The van der Waals surface area contributed by atoms with Crippen molar-refractivity contribution >= 4 is 22.8 Å². The first kappa shape index (κ1) is 17.4. The molecule has 25 heavy (non-hydrogen) atoms. The highest BCUT2D eigenvalue weighted by Gasteiger charge is 2.22. The maximum atomic E-state index is 12.5. The molecule has 0 unspecified atom stereocenters. The summed E-state index contributed by atoms with van der Waals surface area (Å²) in [6, 6.07) is 7.50. The third-order valence-corrected chi connectivity index (χ3v) is 4.78. The van der Waals surface area contributed by atoms with Crippen molar-refractivity contribution in [2.45, 2.75) is 33.6 Å². The highest BCUT2D eigenvalue weighted by Crippen LogP contribution is 2.21. The molecule has 0 saturated carbocycles. The SMILES string of the molecule is Cc1ccc2nc(C)cc(C(=O)OCC(=O)N3CCC(C)CC3)c2c1. The van der Waals surface area contributed by atoms with Crippen molar-refractivity contribution in [1.29, 1.82) is 0 Å². The van der Waals surface area contributed by atoms with Crippen molar-refractivity contribution < 1.29 is 14.3 Å². The fraction of sp³-hybridized carbons (Fsp3) is 0.450. The van der Waals surface area contributed by atoms with E-state index in [0.717, 1.165) is 48.1 Å². The Morgan fingerprint density at radius 1 is 1.20 bits per heavy atom. The zero-order valence-corrected chi connectivity index (χ0v) is 15.0. The van der Waals surface area contributed by atoms with Gasteiger partial charge in [-0.25, -0.2) is 4.79 Å². The number of aromatic nitrogens is 1. The molecule has 132 valence electrons. The Hall–Kier alpha value is -2.43. The zero-order chi connectivity index (χ0) is 18.0. The number of esters is 1. The maximum Gasteiger partial charge on any atom is 0.339 e. The average Bonchev–Trinajstić information content (AvgIpc) is 2.59. The molecule has 0 N–H and O–H groups in total. The molecule has 1 aromatic carbocycles. The zero-order valence-electron chi connectivity index (χ0n) is 15.0. The second kappa shape index (κ2) is 7.21. The molecule has 1 aliphatic heterocycles. The Morgan fingerprint density at radius 2 is 1.92 bits per heavy atom. The number of carbonyl (C=O) groups excluding carboxylic acids is 2. The number of rotatable bonds is 3. The number of benzene rings is 1. The highest BCUT2D eigenvalue weighted by atomic mass is 16.5. The number of ether oxygens (including phenoxy) is 1. The van der Waals surface area contributed by atoms with Crippen LogP contribution in [0.3, 0.4) is 0 Å². The third kappa shape index (κ3) is 3.98. The molecule has 0 radical (unpaired) electrons. The second-order valence-corrected chi connectivity index (χ2v) is 6.97. The molecule has 0 bridgehead atoms. The summed E-state index contributed by atoms with van der Waals surface area (Å²) >= 11 is 0. The minimum absolute atomic E-state index is 0.119. The lowest BCUT2D eigenvalue weighted by atomic mass is 9.99. The van der Waals surface area contributed by atoms with Crippen molar-refractivity contribution in [1.82, 2.24) is 9.88 Å². The van der Waals surface area contributed by atoms with E-state index in [0.29, 0.717) is 11.5 Å². The Balaban J connectivity index is 1.72. The van der Waals surface area contributed by atoms with Gasteiger partial charge in [0.2, 0.25) is 0 Å². The van der Waals surface area contributed by atoms with E-state index in [-0.39, 0.29) is 12.5 Å². The van der Waals surface area contributed by atoms with Gasteiger partial charge >= 0.3 is 5.97 Å². The van der Waals surface area contributed by atoms with Gasteiger partial charge in [0, 0.05) is 24.2 Å². The molecular formula is C20H24N2O3. The van der Waals surface area contributed by atoms with Crippen LogP contribution in [0.15, 0.2) is 24.3 Å². The summed E-state index contributed by atoms with van der Waals surface area (Å²) in [4.78, 5) is 31.0. The van der Waals surface area contributed by atoms with Crippen LogP contribution in [0.25, 0.3) is 10.9 Å². The molecule has 2 heterocycles. The molecule has 3 rings (SSSR count). The maximum absolute atomic E-state index is 12.5. The number of likely N-dealkylation sites (tertiary alicyclic amines) is 1. The summed E-state index contributed by atoms with van der Waals surface area (Å²) in [6.45, 7) is 7.29. The van der Waals surface area contributed by atoms with Gasteiger partial charge in [-0.1, -0.05) is 18.6 Å². The quantitative estimate of drug-likeness (QED) is 0.805. The molecule has 1 aromatic heterocycles. The van der Waals surface area contributed by atoms with Crippen molar-refractivity contribution in [2.75, 3.05) is 19.7 Å². The van der Waals surface area contributed by atoms with Gasteiger partial charge in [0.1, 0.15) is 0 Å². The Bertz CT molecular complexity index is 808. The van der Waals surface area contributed by atoms with Crippen LogP contribution < -0.4 is 0 Å². The summed E-state index contributed by atoms with van der Waals surface area (Å²) in [6.07, 6.45) is 2.01. The topological polar surface area (TPSA) is 59.5 Å². The Morgan fingerprint density at radius 3 is 2.64 bits per heavy atom. The largest absolute Gasteiger partial charge is 0.452 e. The Kier molecular flexibility index (Phi) is 5.02. The fourth-order valence-electron chi connectivity index (χ4n) is 3.20. The molecule has 1 saturated heterocycles. The molecule has 5 nitrogen and oxygen atoms in total. The predicted molar refractivity (Wildman–Crippen MR) is 96.5 cm³/mol. The van der Waals surface area contributed by atoms with Crippen LogP contribution >= 0.6 is 0 Å². The smallest absolute Gasteiger partial charge is 0.339 e. The molecule has 1 aliphatic rings. The lowest BCUT2D eigenvalue weighted by molar-refractivity contribution is -0.135. The molecule has 1 amide bonds. The second-order valence-electron chi connectivity index (χ2n) is 6.97. The third-order valence-electron chi connectivity index (χ3n) is 4.78. The molecular weight excluding hydrogens is 316 g/mol. The molecule has 2 aromatic rings. The van der Waals surface area contributed by atoms with Gasteiger partial charge in [0.05, 0.1) is 11.1 Å². The lowest BCUT2D eigenvalue weighted by Gasteiger charge is -2.30. The normalized spacial score (nSPS) is 15.4. The monoisotopic (exact) mass is 340 g/mol. The first-order valence-electron chi connectivity index (χ1n) is 8.77. The van der Waals surface area contributed by atoms with Crippen molar-refractivity contribution in [3.8, 4) is 0 Å². The highest BCUT2D eigenvalue weighted by molar-refractivity contribution is 6.04. The van der Waals surface area contributed by atoms with Gasteiger partial charge in [-0.05, 0) is 50.8 Å². The van der Waals surface area contributed by atoms with Crippen molar-refractivity contribution in [3.05, 3.63) is 41.1 Å². The van der Waals surface area contributed by atoms with E-state index in [1.54, 1.807) is 11.0 Å². The first-order chi connectivity index (χ1) is 11.9. The number of aryl methyl sites for hydroxylation is 2. The van der Waals surface area contributed by atoms with E-state index >= 15 is 0 Å². The van der Waals surface area contributed by atoms with Gasteiger partial charge in [-0.2, -0.15) is 0 Å². The van der Waals surface area contributed by atoms with E-state index in [1.807, 2.05) is 32.0 Å². The van der Waals surface area contributed by atoms with E-state index in [1.165, 1.54) is 0 Å². The summed E-state index contributed by atoms with van der Waals surface area (Å²) in [7, 11) is 0. The fourth-order valence-corrected chi connectivity index (χ4v) is 3.20. The number of piperidine rings is 1. The molecule has 1 fully saturated rings.